The number of allylic oxidation sites excluding steroid dienone is 1. The number of ether oxygens (including phenoxy) is 4. The zero-order chi connectivity index (χ0) is 32.3. The number of ketones is 1. The Morgan fingerprint density at radius 3 is 2.41 bits per heavy atom. The van der Waals surface area contributed by atoms with Crippen LogP contribution in [0.25, 0.3) is 0 Å². The number of unbranched alkanes of at least 4 members (excludes halogenated alkanes) is 1. The van der Waals surface area contributed by atoms with Gasteiger partial charge < -0.3 is 44.5 Å². The number of cyclic esters (lactones) is 1. The van der Waals surface area contributed by atoms with Gasteiger partial charge in [-0.15, -0.1) is 0 Å². The summed E-state index contributed by atoms with van der Waals surface area (Å²) in [7, 11) is 0. The number of aliphatic hydroxyl groups is 5. The average molecular weight is 625 g/mol. The van der Waals surface area contributed by atoms with Crippen molar-refractivity contribution in [2.24, 2.45) is 11.8 Å². The van der Waals surface area contributed by atoms with Crippen molar-refractivity contribution in [3.63, 3.8) is 0 Å². The van der Waals surface area contributed by atoms with Gasteiger partial charge in [0.2, 0.25) is 5.79 Å². The molecule has 44 heavy (non-hydrogen) atoms. The van der Waals surface area contributed by atoms with Gasteiger partial charge in [-0.2, -0.15) is 0 Å². The van der Waals surface area contributed by atoms with Crippen molar-refractivity contribution < 1.29 is 54.1 Å². The molecular formula is C33H52O11. The molecule has 11 heteroatoms. The molecule has 0 aliphatic carbocycles. The SMILES string of the molecule is C=C1C(O)CC(=O)C(C)/C(C)=C/CC(O)C2(O)OC(CCC2O)CC2CCC(O2)C(CCCC)OC(=O)C(C)C(O)C2OC12. The highest BCUT2D eigenvalue weighted by Gasteiger charge is 2.52. The fourth-order valence-electron chi connectivity index (χ4n) is 6.57. The molecule has 0 saturated carbocycles. The molecule has 0 radical (unpaired) electrons. The third-order valence-corrected chi connectivity index (χ3v) is 10.0. The van der Waals surface area contributed by atoms with Gasteiger partial charge >= 0.3 is 5.97 Å². The highest BCUT2D eigenvalue weighted by molar-refractivity contribution is 5.84. The minimum absolute atomic E-state index is 0.0564. The molecule has 13 atom stereocenters. The zero-order valence-electron chi connectivity index (χ0n) is 26.5. The number of epoxide rings is 1. The number of hydrogen-bond donors (Lipinski definition) is 5. The first kappa shape index (κ1) is 35.2. The summed E-state index contributed by atoms with van der Waals surface area (Å²) in [4.78, 5) is 26.2. The number of carbonyl (C=O) groups is 2. The lowest BCUT2D eigenvalue weighted by atomic mass is 9.88. The molecule has 4 heterocycles. The maximum Gasteiger partial charge on any atom is 0.311 e. The summed E-state index contributed by atoms with van der Waals surface area (Å²) in [5.41, 5.74) is 0.874. The summed E-state index contributed by atoms with van der Waals surface area (Å²) in [6.07, 6.45) is -1.96. The molecule has 4 bridgehead atoms. The summed E-state index contributed by atoms with van der Waals surface area (Å²) in [6.45, 7) is 10.9. The molecule has 4 aliphatic rings. The Morgan fingerprint density at radius 1 is 1.00 bits per heavy atom. The van der Waals surface area contributed by atoms with Crippen LogP contribution in [0.4, 0.5) is 0 Å². The third kappa shape index (κ3) is 7.98. The largest absolute Gasteiger partial charge is 0.459 e. The second kappa shape index (κ2) is 14.8. The number of aliphatic hydroxyl groups excluding tert-OH is 4. The molecule has 13 unspecified atom stereocenters. The van der Waals surface area contributed by atoms with Gasteiger partial charge in [0.1, 0.15) is 36.3 Å². The molecule has 4 rings (SSSR count). The summed E-state index contributed by atoms with van der Waals surface area (Å²) < 4.78 is 23.8. The molecule has 3 saturated heterocycles. The second-order valence-corrected chi connectivity index (χ2v) is 13.3. The van der Waals surface area contributed by atoms with E-state index < -0.39 is 72.4 Å². The first-order chi connectivity index (χ1) is 20.8. The van der Waals surface area contributed by atoms with E-state index in [4.69, 9.17) is 18.9 Å². The van der Waals surface area contributed by atoms with Gasteiger partial charge in [0.15, 0.2) is 0 Å². The first-order valence-corrected chi connectivity index (χ1v) is 16.3. The van der Waals surface area contributed by atoms with E-state index in [2.05, 4.69) is 6.58 Å². The standard InChI is InChI=1S/C33H52O11/c1-6-7-8-25-26-12-10-21(41-26)15-22-11-14-28(37)33(40,44-22)27(36)13-9-17(2)18(3)23(34)16-24(35)19(4)30-31(43-30)29(38)20(5)32(39)42-25/h9,18,20-22,24-31,35-38,40H,4,6-8,10-16H2,1-3,5H3/b17-9+. The lowest BCUT2D eigenvalue weighted by Gasteiger charge is -2.43. The van der Waals surface area contributed by atoms with E-state index in [0.717, 1.165) is 12.8 Å². The summed E-state index contributed by atoms with van der Waals surface area (Å²) >= 11 is 0. The van der Waals surface area contributed by atoms with E-state index in [1.807, 2.05) is 6.92 Å². The van der Waals surface area contributed by atoms with Crippen LogP contribution in [0.3, 0.4) is 0 Å². The Balaban J connectivity index is 1.55. The van der Waals surface area contributed by atoms with Crippen molar-refractivity contribution in [1.29, 1.82) is 0 Å². The molecule has 0 amide bonds. The molecule has 0 aromatic carbocycles. The third-order valence-electron chi connectivity index (χ3n) is 10.0. The Bertz CT molecular complexity index is 1060. The van der Waals surface area contributed by atoms with Crippen LogP contribution in [-0.2, 0) is 28.5 Å². The zero-order valence-corrected chi connectivity index (χ0v) is 26.5. The molecule has 5 N–H and O–H groups in total. The van der Waals surface area contributed by atoms with Crippen molar-refractivity contribution in [3.05, 3.63) is 23.8 Å². The predicted molar refractivity (Wildman–Crippen MR) is 159 cm³/mol. The maximum atomic E-state index is 13.2. The predicted octanol–water partition coefficient (Wildman–Crippen LogP) is 2.24. The topological polar surface area (TPSA) is 176 Å². The van der Waals surface area contributed by atoms with Crippen LogP contribution in [0.15, 0.2) is 23.8 Å². The van der Waals surface area contributed by atoms with Crippen LogP contribution in [-0.4, -0.2) is 104 Å². The van der Waals surface area contributed by atoms with Crippen LogP contribution in [0.1, 0.15) is 91.9 Å². The fourth-order valence-corrected chi connectivity index (χ4v) is 6.57. The highest BCUT2D eigenvalue weighted by atomic mass is 16.7. The fraction of sp³-hybridized carbons (Fsp3) is 0.818. The van der Waals surface area contributed by atoms with E-state index in [9.17, 15) is 35.1 Å². The van der Waals surface area contributed by atoms with Gasteiger partial charge in [0.05, 0.1) is 36.4 Å². The average Bonchev–Trinajstić information content (AvgIpc) is 3.67. The monoisotopic (exact) mass is 624 g/mol. The van der Waals surface area contributed by atoms with Gasteiger partial charge in [0, 0.05) is 12.3 Å². The highest BCUT2D eigenvalue weighted by Crippen LogP contribution is 2.39. The van der Waals surface area contributed by atoms with E-state index in [-0.39, 0.29) is 42.8 Å². The van der Waals surface area contributed by atoms with Gasteiger partial charge in [-0.3, -0.25) is 9.59 Å². The molecule has 250 valence electrons. The van der Waals surface area contributed by atoms with Crippen molar-refractivity contribution in [3.8, 4) is 0 Å². The lowest BCUT2D eigenvalue weighted by molar-refractivity contribution is -0.337. The summed E-state index contributed by atoms with van der Waals surface area (Å²) in [6, 6.07) is 0. The van der Waals surface area contributed by atoms with Crippen LogP contribution in [0.5, 0.6) is 0 Å². The molecule has 0 aromatic heterocycles. The van der Waals surface area contributed by atoms with Crippen molar-refractivity contribution in [1.82, 2.24) is 0 Å². The van der Waals surface area contributed by atoms with Crippen LogP contribution in [0, 0.1) is 11.8 Å². The van der Waals surface area contributed by atoms with E-state index >= 15 is 0 Å². The van der Waals surface area contributed by atoms with Gasteiger partial charge in [-0.05, 0) is 70.8 Å². The maximum absolute atomic E-state index is 13.2. The first-order valence-electron chi connectivity index (χ1n) is 16.3. The van der Waals surface area contributed by atoms with Crippen molar-refractivity contribution >= 4 is 11.8 Å². The molecular weight excluding hydrogens is 572 g/mol. The smallest absolute Gasteiger partial charge is 0.311 e. The van der Waals surface area contributed by atoms with Gasteiger partial charge in [0.25, 0.3) is 0 Å². The summed E-state index contributed by atoms with van der Waals surface area (Å²) in [5, 5.41) is 54.6. The number of rotatable bonds is 3. The molecule has 3 fully saturated rings. The van der Waals surface area contributed by atoms with Gasteiger partial charge in [-0.25, -0.2) is 0 Å². The van der Waals surface area contributed by atoms with Crippen LogP contribution >= 0.6 is 0 Å². The van der Waals surface area contributed by atoms with Crippen molar-refractivity contribution in [2.45, 2.75) is 159 Å². The number of fused-ring (bicyclic) bond motifs is 5. The van der Waals surface area contributed by atoms with E-state index in [1.165, 1.54) is 0 Å². The quantitative estimate of drug-likeness (QED) is 0.177. The molecule has 0 aromatic rings. The Morgan fingerprint density at radius 2 is 1.70 bits per heavy atom. The normalized spacial score (nSPS) is 46.0. The Hall–Kier alpha value is -1.70. The Kier molecular flexibility index (Phi) is 11.8. The van der Waals surface area contributed by atoms with Crippen LogP contribution < -0.4 is 0 Å². The number of carbonyl (C=O) groups excluding carboxylic acids is 2. The van der Waals surface area contributed by atoms with E-state index in [0.29, 0.717) is 37.7 Å². The number of Topliss-reactive ketones (excluding diaryl/α,β-unsaturated/α-hetero) is 1. The number of esters is 1. The Labute approximate surface area is 260 Å². The summed E-state index contributed by atoms with van der Waals surface area (Å²) in [5.74, 6) is -4.53. The second-order valence-electron chi connectivity index (χ2n) is 13.3. The minimum atomic E-state index is -2.19. The lowest BCUT2D eigenvalue weighted by Crippen LogP contribution is -2.59. The molecule has 11 nitrogen and oxygen atoms in total. The molecule has 0 spiro atoms. The van der Waals surface area contributed by atoms with Crippen molar-refractivity contribution in [2.75, 3.05) is 0 Å². The molecule has 4 aliphatic heterocycles. The van der Waals surface area contributed by atoms with Gasteiger partial charge in [-0.1, -0.05) is 38.5 Å². The number of hydrogen-bond acceptors (Lipinski definition) is 11. The van der Waals surface area contributed by atoms with Crippen LogP contribution in [0.2, 0.25) is 0 Å². The minimum Gasteiger partial charge on any atom is -0.459 e. The van der Waals surface area contributed by atoms with E-state index in [1.54, 1.807) is 26.8 Å².